The largest absolute Gasteiger partial charge is 0.478 e. The first-order chi connectivity index (χ1) is 9.81. The summed E-state index contributed by atoms with van der Waals surface area (Å²) < 4.78 is 0. The molecule has 112 valence electrons. The average molecular weight is 295 g/mol. The second-order valence-electron chi connectivity index (χ2n) is 3.80. The van der Waals surface area contributed by atoms with Gasteiger partial charge in [-0.15, -0.1) is 0 Å². The van der Waals surface area contributed by atoms with E-state index >= 15 is 0 Å². The van der Waals surface area contributed by atoms with Gasteiger partial charge in [-0.05, 0) is 12.1 Å². The van der Waals surface area contributed by atoms with Crippen molar-refractivity contribution >= 4 is 29.6 Å². The molecule has 1 saturated heterocycles. The number of nitrogens with one attached hydrogen (secondary N) is 3. The minimum Gasteiger partial charge on any atom is -0.478 e. The topological polar surface area (TPSA) is 177 Å². The van der Waals surface area contributed by atoms with Crippen LogP contribution in [0, 0.1) is 0 Å². The number of benzene rings is 1. The molecular weight excluding hydrogens is 282 g/mol. The van der Waals surface area contributed by atoms with Crippen LogP contribution < -0.4 is 27.4 Å². The van der Waals surface area contributed by atoms with Crippen LogP contribution in [0.5, 0.6) is 0 Å². The molecule has 0 aliphatic carbocycles. The molecule has 5 amide bonds. The number of carbonyl (C=O) groups is 4. The number of nitrogen functional groups attached to an aromatic ring is 1. The van der Waals surface area contributed by atoms with Gasteiger partial charge >= 0.3 is 18.0 Å². The number of rotatable bonds is 2. The monoisotopic (exact) mass is 295 g/mol. The Morgan fingerprint density at radius 1 is 1.24 bits per heavy atom. The van der Waals surface area contributed by atoms with Crippen molar-refractivity contribution in [2.24, 2.45) is 5.73 Å². The maximum absolute atomic E-state index is 10.7. The Hall–Kier alpha value is -3.30. The molecule has 0 saturated carbocycles. The van der Waals surface area contributed by atoms with Gasteiger partial charge in [-0.2, -0.15) is 0 Å². The number of carboxylic acid groups (broad SMARTS) is 1. The lowest BCUT2D eigenvalue weighted by Crippen LogP contribution is -2.48. The molecule has 1 heterocycles. The SMILES string of the molecule is NC(=O)NC1NC(=O)NC1=O.Nc1ccccc1C(=O)O. The summed E-state index contributed by atoms with van der Waals surface area (Å²) >= 11 is 0. The van der Waals surface area contributed by atoms with Crippen LogP contribution in [0.3, 0.4) is 0 Å². The normalized spacial score (nSPS) is 16.1. The van der Waals surface area contributed by atoms with E-state index in [0.29, 0.717) is 5.69 Å². The smallest absolute Gasteiger partial charge is 0.337 e. The van der Waals surface area contributed by atoms with Gasteiger partial charge in [-0.3, -0.25) is 10.1 Å². The molecule has 1 atom stereocenters. The Kier molecular flexibility index (Phi) is 5.06. The van der Waals surface area contributed by atoms with Crippen LogP contribution in [-0.4, -0.2) is 35.2 Å². The fraction of sp³-hybridized carbons (Fsp3) is 0.0909. The summed E-state index contributed by atoms with van der Waals surface area (Å²) in [5.74, 6) is -1.60. The standard InChI is InChI=1S/C7H7NO2.C4H6N4O3/c8-6-4-2-1-3-5(6)7(9)10;5-3(10)6-1-2(9)8-4(11)7-1/h1-4H,8H2,(H,9,10);1H,(H3,5,6,10)(H2,7,8,9,11). The van der Waals surface area contributed by atoms with Gasteiger partial charge in [-0.25, -0.2) is 14.4 Å². The molecule has 1 unspecified atom stereocenters. The van der Waals surface area contributed by atoms with E-state index in [1.807, 2.05) is 10.6 Å². The Balaban J connectivity index is 0.000000211. The number of imide groups is 1. The van der Waals surface area contributed by atoms with Crippen LogP contribution >= 0.6 is 0 Å². The Morgan fingerprint density at radius 2 is 1.86 bits per heavy atom. The maximum Gasteiger partial charge on any atom is 0.337 e. The number of nitrogens with two attached hydrogens (primary N) is 2. The van der Waals surface area contributed by atoms with Gasteiger partial charge in [0.25, 0.3) is 5.91 Å². The van der Waals surface area contributed by atoms with Gasteiger partial charge in [0.05, 0.1) is 5.56 Å². The molecule has 10 nitrogen and oxygen atoms in total. The van der Waals surface area contributed by atoms with Crippen LogP contribution in [0.15, 0.2) is 24.3 Å². The lowest BCUT2D eigenvalue weighted by atomic mass is 10.2. The first kappa shape index (κ1) is 15.8. The van der Waals surface area contributed by atoms with Crippen molar-refractivity contribution in [1.29, 1.82) is 0 Å². The molecule has 1 aliphatic heterocycles. The van der Waals surface area contributed by atoms with Crippen molar-refractivity contribution in [2.75, 3.05) is 5.73 Å². The third-order valence-electron chi connectivity index (χ3n) is 2.25. The first-order valence-electron chi connectivity index (χ1n) is 5.56. The average Bonchev–Trinajstić information content (AvgIpc) is 2.68. The Labute approximate surface area is 118 Å². The third kappa shape index (κ3) is 4.70. The summed E-state index contributed by atoms with van der Waals surface area (Å²) in [4.78, 5) is 41.6. The molecule has 10 heteroatoms. The van der Waals surface area contributed by atoms with E-state index < -0.39 is 30.1 Å². The number of aromatic carboxylic acids is 1. The quantitative estimate of drug-likeness (QED) is 0.294. The lowest BCUT2D eigenvalue weighted by molar-refractivity contribution is -0.120. The van der Waals surface area contributed by atoms with E-state index in [1.54, 1.807) is 18.2 Å². The molecule has 1 aromatic rings. The molecule has 0 aromatic heterocycles. The van der Waals surface area contributed by atoms with Crippen LogP contribution in [0.25, 0.3) is 0 Å². The minimum absolute atomic E-state index is 0.155. The minimum atomic E-state index is -1.04. The number of para-hydroxylation sites is 1. The van der Waals surface area contributed by atoms with Crippen LogP contribution in [-0.2, 0) is 4.79 Å². The molecule has 8 N–H and O–H groups in total. The molecule has 1 aromatic carbocycles. The zero-order valence-corrected chi connectivity index (χ0v) is 10.6. The van der Waals surface area contributed by atoms with E-state index in [4.69, 9.17) is 16.6 Å². The van der Waals surface area contributed by atoms with E-state index in [2.05, 4.69) is 5.32 Å². The number of urea groups is 2. The lowest BCUT2D eigenvalue weighted by Gasteiger charge is -2.05. The zero-order valence-electron chi connectivity index (χ0n) is 10.6. The van der Waals surface area contributed by atoms with E-state index in [9.17, 15) is 19.2 Å². The van der Waals surface area contributed by atoms with Gasteiger partial charge in [0.2, 0.25) is 0 Å². The molecule has 0 spiro atoms. The van der Waals surface area contributed by atoms with Gasteiger partial charge < -0.3 is 27.2 Å². The molecule has 1 aliphatic rings. The highest BCUT2D eigenvalue weighted by atomic mass is 16.4. The molecular formula is C11H13N5O5. The first-order valence-corrected chi connectivity index (χ1v) is 5.56. The summed E-state index contributed by atoms with van der Waals surface area (Å²) in [7, 11) is 0. The molecule has 21 heavy (non-hydrogen) atoms. The number of carbonyl (C=O) groups excluding carboxylic acids is 3. The molecule has 2 rings (SSSR count). The van der Waals surface area contributed by atoms with E-state index in [1.165, 1.54) is 6.07 Å². The molecule has 0 radical (unpaired) electrons. The summed E-state index contributed by atoms with van der Waals surface area (Å²) in [6, 6.07) is 4.85. The van der Waals surface area contributed by atoms with E-state index in [0.717, 1.165) is 0 Å². The number of hydrogen-bond donors (Lipinski definition) is 6. The summed E-state index contributed by atoms with van der Waals surface area (Å²) in [6.45, 7) is 0. The summed E-state index contributed by atoms with van der Waals surface area (Å²) in [5, 5.41) is 14.5. The van der Waals surface area contributed by atoms with Gasteiger partial charge in [0.1, 0.15) is 0 Å². The number of anilines is 1. The highest BCUT2D eigenvalue weighted by Crippen LogP contribution is 2.09. The summed E-state index contributed by atoms with van der Waals surface area (Å²) in [5.41, 5.74) is 10.5. The van der Waals surface area contributed by atoms with Crippen LogP contribution in [0.1, 0.15) is 10.4 Å². The third-order valence-corrected chi connectivity index (χ3v) is 2.25. The number of primary amides is 1. The van der Waals surface area contributed by atoms with Crippen molar-refractivity contribution in [3.8, 4) is 0 Å². The highest BCUT2D eigenvalue weighted by molar-refractivity contribution is 6.05. The number of hydrogen-bond acceptors (Lipinski definition) is 5. The Bertz CT molecular complexity index is 588. The zero-order chi connectivity index (χ0) is 16.0. The fourth-order valence-electron chi connectivity index (χ4n) is 1.35. The van der Waals surface area contributed by atoms with Gasteiger partial charge in [0.15, 0.2) is 6.17 Å². The van der Waals surface area contributed by atoms with Crippen LogP contribution in [0.2, 0.25) is 0 Å². The predicted molar refractivity (Wildman–Crippen MR) is 71.0 cm³/mol. The van der Waals surface area contributed by atoms with Gasteiger partial charge in [0, 0.05) is 5.69 Å². The molecule has 0 bridgehead atoms. The van der Waals surface area contributed by atoms with Gasteiger partial charge in [-0.1, -0.05) is 12.1 Å². The van der Waals surface area contributed by atoms with E-state index in [-0.39, 0.29) is 5.56 Å². The van der Waals surface area contributed by atoms with Crippen molar-refractivity contribution in [3.63, 3.8) is 0 Å². The Morgan fingerprint density at radius 3 is 2.24 bits per heavy atom. The number of amides is 5. The fourth-order valence-corrected chi connectivity index (χ4v) is 1.35. The number of carboxylic acids is 1. The van der Waals surface area contributed by atoms with Crippen molar-refractivity contribution < 1.29 is 24.3 Å². The second kappa shape index (κ2) is 6.75. The van der Waals surface area contributed by atoms with Crippen LogP contribution in [0.4, 0.5) is 15.3 Å². The molecule has 1 fully saturated rings. The van der Waals surface area contributed by atoms with Crippen molar-refractivity contribution in [2.45, 2.75) is 6.17 Å². The predicted octanol–water partition coefficient (Wildman–Crippen LogP) is -1.21. The van der Waals surface area contributed by atoms with Crippen molar-refractivity contribution in [1.82, 2.24) is 16.0 Å². The van der Waals surface area contributed by atoms with Crippen molar-refractivity contribution in [3.05, 3.63) is 29.8 Å². The summed E-state index contributed by atoms with van der Waals surface area (Å²) in [6.07, 6.45) is -1.04. The maximum atomic E-state index is 10.7. The highest BCUT2D eigenvalue weighted by Gasteiger charge is 2.29. The second-order valence-corrected chi connectivity index (χ2v) is 3.80.